The van der Waals surface area contributed by atoms with Gasteiger partial charge in [0.1, 0.15) is 18.1 Å². The first-order valence-electron chi connectivity index (χ1n) is 9.89. The number of halogens is 2. The highest BCUT2D eigenvalue weighted by Crippen LogP contribution is 2.34. The van der Waals surface area contributed by atoms with Crippen LogP contribution in [0.1, 0.15) is 16.9 Å². The predicted molar refractivity (Wildman–Crippen MR) is 131 cm³/mol. The second-order valence-corrected chi connectivity index (χ2v) is 9.25. The number of nitrogens with one attached hydrogen (secondary N) is 1. The average molecular weight is 501 g/mol. The minimum absolute atomic E-state index is 0.175. The molecule has 0 bridgehead atoms. The molecule has 0 unspecified atom stereocenters. The minimum atomic E-state index is -0.548. The fourth-order valence-electron chi connectivity index (χ4n) is 3.16. The zero-order valence-corrected chi connectivity index (χ0v) is 20.0. The Morgan fingerprint density at radius 1 is 1.03 bits per heavy atom. The van der Waals surface area contributed by atoms with Crippen molar-refractivity contribution in [3.8, 4) is 11.3 Å². The first kappa shape index (κ1) is 23.2. The van der Waals surface area contributed by atoms with Crippen LogP contribution in [0.25, 0.3) is 17.4 Å². The van der Waals surface area contributed by atoms with Crippen molar-refractivity contribution < 1.29 is 18.8 Å². The number of amides is 3. The molecule has 0 aliphatic carbocycles. The van der Waals surface area contributed by atoms with Crippen LogP contribution in [0.3, 0.4) is 0 Å². The first-order chi connectivity index (χ1) is 15.7. The summed E-state index contributed by atoms with van der Waals surface area (Å²) in [5.41, 5.74) is 3.46. The van der Waals surface area contributed by atoms with Crippen molar-refractivity contribution in [1.29, 1.82) is 0 Å². The van der Waals surface area contributed by atoms with Gasteiger partial charge in [-0.1, -0.05) is 29.3 Å². The Kier molecular flexibility index (Phi) is 6.65. The van der Waals surface area contributed by atoms with Crippen molar-refractivity contribution >= 4 is 63.8 Å². The highest BCUT2D eigenvalue weighted by Gasteiger charge is 2.36. The molecule has 2 aromatic carbocycles. The molecule has 1 aliphatic rings. The maximum atomic E-state index is 12.7. The summed E-state index contributed by atoms with van der Waals surface area (Å²) >= 11 is 12.8. The number of hydrogen-bond acceptors (Lipinski definition) is 5. The summed E-state index contributed by atoms with van der Waals surface area (Å²) in [6.45, 7) is 3.54. The summed E-state index contributed by atoms with van der Waals surface area (Å²) in [5, 5.41) is 3.03. The molecular weight excluding hydrogens is 483 g/mol. The summed E-state index contributed by atoms with van der Waals surface area (Å²) in [7, 11) is 0. The van der Waals surface area contributed by atoms with Gasteiger partial charge in [-0.3, -0.25) is 19.3 Å². The molecule has 4 rings (SSSR count). The third-order valence-corrected chi connectivity index (χ3v) is 6.72. The van der Waals surface area contributed by atoms with Gasteiger partial charge < -0.3 is 9.73 Å². The monoisotopic (exact) mass is 500 g/mol. The number of anilines is 1. The van der Waals surface area contributed by atoms with Crippen LogP contribution < -0.4 is 5.32 Å². The zero-order valence-electron chi connectivity index (χ0n) is 17.6. The zero-order chi connectivity index (χ0) is 23.7. The molecule has 168 valence electrons. The lowest BCUT2D eigenvalue weighted by Gasteiger charge is -2.13. The summed E-state index contributed by atoms with van der Waals surface area (Å²) < 4.78 is 5.77. The number of carbonyl (C=O) groups excluding carboxylic acids is 3. The lowest BCUT2D eigenvalue weighted by atomic mass is 10.1. The summed E-state index contributed by atoms with van der Waals surface area (Å²) in [6, 6.07) is 14.0. The molecule has 1 aliphatic heterocycles. The van der Waals surface area contributed by atoms with Crippen molar-refractivity contribution in [3.63, 3.8) is 0 Å². The molecule has 1 aromatic heterocycles. The van der Waals surface area contributed by atoms with Gasteiger partial charge in [-0.25, -0.2) is 0 Å². The van der Waals surface area contributed by atoms with Crippen LogP contribution in [-0.4, -0.2) is 28.5 Å². The van der Waals surface area contributed by atoms with E-state index in [2.05, 4.69) is 5.32 Å². The molecule has 6 nitrogen and oxygen atoms in total. The number of thioether (sulfide) groups is 1. The summed E-state index contributed by atoms with van der Waals surface area (Å²) in [6.07, 6.45) is 1.48. The van der Waals surface area contributed by atoms with Crippen LogP contribution in [0, 0.1) is 13.8 Å². The number of hydrogen-bond donors (Lipinski definition) is 1. The Labute approximate surface area is 204 Å². The fourth-order valence-corrected chi connectivity index (χ4v) is 4.28. The Morgan fingerprint density at radius 2 is 1.82 bits per heavy atom. The fraction of sp³-hybridized carbons (Fsp3) is 0.125. The van der Waals surface area contributed by atoms with Gasteiger partial charge >= 0.3 is 0 Å². The quantitative estimate of drug-likeness (QED) is 0.402. The van der Waals surface area contributed by atoms with E-state index in [1.807, 2.05) is 26.0 Å². The summed E-state index contributed by atoms with van der Waals surface area (Å²) in [5.74, 6) is -0.0811. The second kappa shape index (κ2) is 9.47. The van der Waals surface area contributed by atoms with E-state index in [0.717, 1.165) is 33.4 Å². The SMILES string of the molecule is Cc1ccc(NC(=O)CN2C(=O)S/C(=C\c3ccc(-c4ccc(Cl)c(Cl)c4)o3)C2=O)cc1C. The third kappa shape index (κ3) is 5.16. The number of benzene rings is 2. The van der Waals surface area contributed by atoms with E-state index in [4.69, 9.17) is 27.6 Å². The molecule has 3 aromatic rings. The van der Waals surface area contributed by atoms with Gasteiger partial charge in [0.25, 0.3) is 11.1 Å². The van der Waals surface area contributed by atoms with Gasteiger partial charge in [0.2, 0.25) is 5.91 Å². The molecule has 1 fully saturated rings. The largest absolute Gasteiger partial charge is 0.457 e. The molecule has 0 saturated carbocycles. The van der Waals surface area contributed by atoms with Crippen molar-refractivity contribution in [2.45, 2.75) is 13.8 Å². The molecular formula is C24H18Cl2N2O4S. The van der Waals surface area contributed by atoms with Crippen molar-refractivity contribution in [3.05, 3.63) is 80.4 Å². The lowest BCUT2D eigenvalue weighted by molar-refractivity contribution is -0.127. The van der Waals surface area contributed by atoms with Gasteiger partial charge in [0.05, 0.1) is 15.0 Å². The molecule has 1 N–H and O–H groups in total. The Bertz CT molecular complexity index is 1320. The Hall–Kier alpha value is -3.00. The maximum absolute atomic E-state index is 12.7. The van der Waals surface area contributed by atoms with E-state index < -0.39 is 17.1 Å². The van der Waals surface area contributed by atoms with Gasteiger partial charge in [-0.15, -0.1) is 0 Å². The molecule has 33 heavy (non-hydrogen) atoms. The van der Waals surface area contributed by atoms with Crippen LogP contribution in [0.15, 0.2) is 57.9 Å². The van der Waals surface area contributed by atoms with E-state index in [1.54, 1.807) is 36.4 Å². The topological polar surface area (TPSA) is 79.6 Å². The van der Waals surface area contributed by atoms with Crippen LogP contribution in [-0.2, 0) is 9.59 Å². The van der Waals surface area contributed by atoms with Crippen molar-refractivity contribution in [2.75, 3.05) is 11.9 Å². The first-order valence-corrected chi connectivity index (χ1v) is 11.5. The van der Waals surface area contributed by atoms with Crippen LogP contribution in [0.5, 0.6) is 0 Å². The minimum Gasteiger partial charge on any atom is -0.457 e. The lowest BCUT2D eigenvalue weighted by Crippen LogP contribution is -2.36. The molecule has 1 saturated heterocycles. The van der Waals surface area contributed by atoms with E-state index >= 15 is 0 Å². The van der Waals surface area contributed by atoms with E-state index in [-0.39, 0.29) is 11.4 Å². The van der Waals surface area contributed by atoms with E-state index in [1.165, 1.54) is 6.08 Å². The van der Waals surface area contributed by atoms with Gasteiger partial charge in [-0.2, -0.15) is 0 Å². The number of furan rings is 1. The van der Waals surface area contributed by atoms with Crippen molar-refractivity contribution in [1.82, 2.24) is 4.90 Å². The normalized spacial score (nSPS) is 14.9. The third-order valence-electron chi connectivity index (χ3n) is 5.07. The summed E-state index contributed by atoms with van der Waals surface area (Å²) in [4.78, 5) is 38.6. The molecule has 3 amide bonds. The molecule has 0 radical (unpaired) electrons. The predicted octanol–water partition coefficient (Wildman–Crippen LogP) is 6.55. The Balaban J connectivity index is 1.45. The van der Waals surface area contributed by atoms with Crippen molar-refractivity contribution in [2.24, 2.45) is 0 Å². The van der Waals surface area contributed by atoms with Crippen LogP contribution >= 0.6 is 35.0 Å². The Morgan fingerprint density at radius 3 is 2.55 bits per heavy atom. The molecule has 0 spiro atoms. The standard InChI is InChI=1S/C24H18Cl2N2O4S/c1-13-3-5-16(9-14(13)2)27-22(29)12-28-23(30)21(33-24(28)31)11-17-6-8-20(32-17)15-4-7-18(25)19(26)10-15/h3-11H,12H2,1-2H3,(H,27,29)/b21-11-. The van der Waals surface area contributed by atoms with Gasteiger partial charge in [-0.05, 0) is 79.2 Å². The number of rotatable bonds is 5. The van der Waals surface area contributed by atoms with E-state index in [0.29, 0.717) is 27.3 Å². The van der Waals surface area contributed by atoms with E-state index in [9.17, 15) is 14.4 Å². The number of carbonyl (C=O) groups is 3. The van der Waals surface area contributed by atoms with Gasteiger partial charge in [0.15, 0.2) is 0 Å². The van der Waals surface area contributed by atoms with Gasteiger partial charge in [0, 0.05) is 17.3 Å². The highest BCUT2D eigenvalue weighted by atomic mass is 35.5. The molecule has 9 heteroatoms. The number of imide groups is 1. The molecule has 0 atom stereocenters. The smallest absolute Gasteiger partial charge is 0.294 e. The molecule has 2 heterocycles. The highest BCUT2D eigenvalue weighted by molar-refractivity contribution is 8.18. The maximum Gasteiger partial charge on any atom is 0.294 e. The van der Waals surface area contributed by atoms with Crippen LogP contribution in [0.4, 0.5) is 10.5 Å². The number of aryl methyl sites for hydroxylation is 2. The van der Waals surface area contributed by atoms with Crippen LogP contribution in [0.2, 0.25) is 10.0 Å². The average Bonchev–Trinajstić information content (AvgIpc) is 3.33. The number of nitrogens with zero attached hydrogens (tertiary/aromatic N) is 1. The second-order valence-electron chi connectivity index (χ2n) is 7.45.